The molecular formula is C18H23NO5S. The van der Waals surface area contributed by atoms with Gasteiger partial charge in [-0.05, 0) is 62.3 Å². The molecule has 2 aliphatic rings. The standard InChI is InChI=1S/C18H23NO5S/c1-12(18(21)22)19(15-6-7-15)17(20)9-10-25(23,24)16-8-5-13-3-2-4-14(13)11-16/h5,8,11-12,15H,2-4,6-7,9-10H2,1H3,(H,21,22). The van der Waals surface area contributed by atoms with Gasteiger partial charge in [0.05, 0.1) is 10.6 Å². The number of aryl methyl sites for hydroxylation is 2. The van der Waals surface area contributed by atoms with Crippen molar-refractivity contribution in [2.75, 3.05) is 5.75 Å². The van der Waals surface area contributed by atoms with Crippen molar-refractivity contribution in [1.82, 2.24) is 4.90 Å². The molecule has 6 nitrogen and oxygen atoms in total. The molecule has 0 radical (unpaired) electrons. The van der Waals surface area contributed by atoms with Crippen molar-refractivity contribution in [3.8, 4) is 0 Å². The van der Waals surface area contributed by atoms with Crippen molar-refractivity contribution in [1.29, 1.82) is 0 Å². The number of hydrogen-bond acceptors (Lipinski definition) is 4. The van der Waals surface area contributed by atoms with Crippen molar-refractivity contribution in [2.45, 2.75) is 62.4 Å². The highest BCUT2D eigenvalue weighted by Crippen LogP contribution is 2.30. The summed E-state index contributed by atoms with van der Waals surface area (Å²) in [6.07, 6.45) is 4.29. The molecule has 1 amide bonds. The van der Waals surface area contributed by atoms with E-state index in [9.17, 15) is 18.0 Å². The van der Waals surface area contributed by atoms with Crippen LogP contribution in [0.15, 0.2) is 23.1 Å². The number of hydrogen-bond donors (Lipinski definition) is 1. The van der Waals surface area contributed by atoms with Gasteiger partial charge in [-0.15, -0.1) is 0 Å². The fourth-order valence-corrected chi connectivity index (χ4v) is 4.69. The zero-order valence-electron chi connectivity index (χ0n) is 14.3. The van der Waals surface area contributed by atoms with E-state index in [1.165, 1.54) is 17.4 Å². The average molecular weight is 365 g/mol. The van der Waals surface area contributed by atoms with E-state index in [0.29, 0.717) is 0 Å². The van der Waals surface area contributed by atoms with Gasteiger partial charge in [0.2, 0.25) is 5.91 Å². The van der Waals surface area contributed by atoms with Gasteiger partial charge in [0.15, 0.2) is 9.84 Å². The Bertz CT molecular complexity index is 798. The molecule has 1 aromatic carbocycles. The maximum atomic E-state index is 12.6. The second kappa shape index (κ2) is 6.78. The first kappa shape index (κ1) is 17.9. The minimum Gasteiger partial charge on any atom is -0.480 e. The first-order valence-corrected chi connectivity index (χ1v) is 10.3. The molecule has 0 saturated heterocycles. The normalized spacial score (nSPS) is 17.8. The van der Waals surface area contributed by atoms with Crippen LogP contribution in [0.3, 0.4) is 0 Å². The van der Waals surface area contributed by atoms with Crippen molar-refractivity contribution in [3.05, 3.63) is 29.3 Å². The predicted octanol–water partition coefficient (Wildman–Crippen LogP) is 1.80. The van der Waals surface area contributed by atoms with Crippen LogP contribution in [0, 0.1) is 0 Å². The molecule has 1 unspecified atom stereocenters. The zero-order chi connectivity index (χ0) is 18.2. The molecule has 0 aliphatic heterocycles. The van der Waals surface area contributed by atoms with Gasteiger partial charge in [0, 0.05) is 12.5 Å². The molecule has 1 saturated carbocycles. The van der Waals surface area contributed by atoms with Crippen LogP contribution in [0.4, 0.5) is 0 Å². The van der Waals surface area contributed by atoms with Gasteiger partial charge >= 0.3 is 5.97 Å². The molecular weight excluding hydrogens is 342 g/mol. The van der Waals surface area contributed by atoms with E-state index in [2.05, 4.69) is 0 Å². The lowest BCUT2D eigenvalue weighted by Crippen LogP contribution is -2.45. The van der Waals surface area contributed by atoms with E-state index >= 15 is 0 Å². The quantitative estimate of drug-likeness (QED) is 0.795. The Labute approximate surface area is 147 Å². The number of aliphatic carboxylic acids is 1. The molecule has 1 aromatic rings. The third kappa shape index (κ3) is 3.86. The smallest absolute Gasteiger partial charge is 0.326 e. The summed E-state index contributed by atoms with van der Waals surface area (Å²) in [7, 11) is -3.56. The lowest BCUT2D eigenvalue weighted by Gasteiger charge is -2.26. The number of rotatable bonds is 7. The Morgan fingerprint density at radius 1 is 1.24 bits per heavy atom. The second-order valence-electron chi connectivity index (χ2n) is 6.90. The first-order valence-electron chi connectivity index (χ1n) is 8.68. The van der Waals surface area contributed by atoms with Crippen molar-refractivity contribution >= 4 is 21.7 Å². The number of carbonyl (C=O) groups excluding carboxylic acids is 1. The Morgan fingerprint density at radius 2 is 1.92 bits per heavy atom. The highest BCUT2D eigenvalue weighted by Gasteiger charge is 2.38. The number of carbonyl (C=O) groups is 2. The van der Waals surface area contributed by atoms with Crippen LogP contribution in [0.25, 0.3) is 0 Å². The van der Waals surface area contributed by atoms with Crippen LogP contribution in [-0.2, 0) is 32.3 Å². The summed E-state index contributed by atoms with van der Waals surface area (Å²) in [5.74, 6) is -1.76. The highest BCUT2D eigenvalue weighted by atomic mass is 32.2. The summed E-state index contributed by atoms with van der Waals surface area (Å²) in [6.45, 7) is 1.47. The molecule has 7 heteroatoms. The van der Waals surface area contributed by atoms with E-state index in [-0.39, 0.29) is 23.1 Å². The van der Waals surface area contributed by atoms with Crippen molar-refractivity contribution in [2.24, 2.45) is 0 Å². The van der Waals surface area contributed by atoms with Crippen LogP contribution in [-0.4, -0.2) is 48.1 Å². The van der Waals surface area contributed by atoms with Gasteiger partial charge in [-0.25, -0.2) is 13.2 Å². The third-order valence-electron chi connectivity index (χ3n) is 5.02. The van der Waals surface area contributed by atoms with Gasteiger partial charge in [-0.2, -0.15) is 0 Å². The molecule has 0 spiro atoms. The molecule has 25 heavy (non-hydrogen) atoms. The summed E-state index contributed by atoms with van der Waals surface area (Å²) in [6, 6.07) is 4.20. The van der Waals surface area contributed by atoms with E-state index < -0.39 is 27.8 Å². The van der Waals surface area contributed by atoms with Gasteiger partial charge in [-0.1, -0.05) is 6.07 Å². The molecule has 2 aliphatic carbocycles. The molecule has 0 aromatic heterocycles. The molecule has 1 N–H and O–H groups in total. The summed E-state index contributed by atoms with van der Waals surface area (Å²) in [5, 5.41) is 9.16. The summed E-state index contributed by atoms with van der Waals surface area (Å²) >= 11 is 0. The maximum Gasteiger partial charge on any atom is 0.326 e. The van der Waals surface area contributed by atoms with E-state index in [0.717, 1.165) is 37.7 Å². The molecule has 0 bridgehead atoms. The number of nitrogens with zero attached hydrogens (tertiary/aromatic N) is 1. The van der Waals surface area contributed by atoms with E-state index in [1.807, 2.05) is 6.07 Å². The topological polar surface area (TPSA) is 91.8 Å². The second-order valence-corrected chi connectivity index (χ2v) is 9.01. The number of amides is 1. The lowest BCUT2D eigenvalue weighted by molar-refractivity contribution is -0.149. The van der Waals surface area contributed by atoms with Gasteiger partial charge < -0.3 is 10.0 Å². The molecule has 1 atom stereocenters. The van der Waals surface area contributed by atoms with Crippen LogP contribution in [0.1, 0.15) is 43.7 Å². The zero-order valence-corrected chi connectivity index (χ0v) is 15.1. The van der Waals surface area contributed by atoms with Gasteiger partial charge in [0.1, 0.15) is 6.04 Å². The molecule has 1 fully saturated rings. The number of fused-ring (bicyclic) bond motifs is 1. The number of sulfone groups is 1. The van der Waals surface area contributed by atoms with E-state index in [4.69, 9.17) is 5.11 Å². The van der Waals surface area contributed by atoms with Crippen LogP contribution in [0.5, 0.6) is 0 Å². The Balaban J connectivity index is 1.69. The number of carboxylic acids is 1. The summed E-state index contributed by atoms with van der Waals surface area (Å²) < 4.78 is 25.1. The minimum absolute atomic E-state index is 0.0682. The average Bonchev–Trinajstić information content (AvgIpc) is 3.28. The SMILES string of the molecule is CC(C(=O)O)N(C(=O)CCS(=O)(=O)c1ccc2c(c1)CCC2)C1CC1. The number of benzene rings is 1. The van der Waals surface area contributed by atoms with Crippen LogP contribution in [0.2, 0.25) is 0 Å². The minimum atomic E-state index is -3.56. The first-order chi connectivity index (χ1) is 11.8. The van der Waals surface area contributed by atoms with Crippen molar-refractivity contribution < 1.29 is 23.1 Å². The van der Waals surface area contributed by atoms with Crippen LogP contribution < -0.4 is 0 Å². The summed E-state index contributed by atoms with van der Waals surface area (Å²) in [4.78, 5) is 25.2. The molecule has 0 heterocycles. The predicted molar refractivity (Wildman–Crippen MR) is 92.1 cm³/mol. The largest absolute Gasteiger partial charge is 0.480 e. The maximum absolute atomic E-state index is 12.6. The fraction of sp³-hybridized carbons (Fsp3) is 0.556. The highest BCUT2D eigenvalue weighted by molar-refractivity contribution is 7.91. The Hall–Kier alpha value is -1.89. The fourth-order valence-electron chi connectivity index (χ4n) is 3.42. The number of carboxylic acid groups (broad SMARTS) is 1. The molecule has 3 rings (SSSR count). The Morgan fingerprint density at radius 3 is 2.56 bits per heavy atom. The van der Waals surface area contributed by atoms with Crippen molar-refractivity contribution in [3.63, 3.8) is 0 Å². The monoisotopic (exact) mass is 365 g/mol. The third-order valence-corrected chi connectivity index (χ3v) is 6.73. The molecule has 136 valence electrons. The Kier molecular flexibility index (Phi) is 4.86. The van der Waals surface area contributed by atoms with E-state index in [1.54, 1.807) is 12.1 Å². The van der Waals surface area contributed by atoms with Gasteiger partial charge in [-0.3, -0.25) is 4.79 Å². The summed E-state index contributed by atoms with van der Waals surface area (Å²) in [5.41, 5.74) is 2.27. The van der Waals surface area contributed by atoms with Gasteiger partial charge in [0.25, 0.3) is 0 Å². The van der Waals surface area contributed by atoms with Crippen LogP contribution >= 0.6 is 0 Å². The lowest BCUT2D eigenvalue weighted by atomic mass is 10.1.